The summed E-state index contributed by atoms with van der Waals surface area (Å²) in [6.07, 6.45) is 2.73. The van der Waals surface area contributed by atoms with E-state index >= 15 is 0 Å². The minimum absolute atomic E-state index is 0.143. The summed E-state index contributed by atoms with van der Waals surface area (Å²) in [5.41, 5.74) is 3.38. The van der Waals surface area contributed by atoms with Gasteiger partial charge in [0.15, 0.2) is 0 Å². The van der Waals surface area contributed by atoms with Crippen LogP contribution < -0.4 is 0 Å². The molecule has 0 amide bonds. The lowest BCUT2D eigenvalue weighted by Crippen LogP contribution is -2.07. The number of carboxylic acids is 4. The molecule has 2 rings (SSSR count). The first-order valence-electron chi connectivity index (χ1n) is 8.90. The SMILES string of the molecule is O=C(O)CCc1c(CC(=O)O)c[nH]c1Cc1[nH]cc(CC(=O)O)c1CCC(=O)O. The van der Waals surface area contributed by atoms with Crippen LogP contribution in [0.2, 0.25) is 0 Å². The van der Waals surface area contributed by atoms with Gasteiger partial charge in [-0.25, -0.2) is 0 Å². The van der Waals surface area contributed by atoms with Gasteiger partial charge in [0, 0.05) is 43.0 Å². The summed E-state index contributed by atoms with van der Waals surface area (Å²) >= 11 is 0. The van der Waals surface area contributed by atoms with Crippen LogP contribution in [0.15, 0.2) is 12.4 Å². The molecule has 29 heavy (non-hydrogen) atoms. The zero-order chi connectivity index (χ0) is 21.6. The van der Waals surface area contributed by atoms with Gasteiger partial charge >= 0.3 is 23.9 Å². The first kappa shape index (κ1) is 21.7. The molecule has 0 bridgehead atoms. The van der Waals surface area contributed by atoms with Crippen LogP contribution in [0.25, 0.3) is 0 Å². The second-order valence-electron chi connectivity index (χ2n) is 6.65. The van der Waals surface area contributed by atoms with Crippen molar-refractivity contribution >= 4 is 23.9 Å². The Kier molecular flexibility index (Phi) is 7.18. The zero-order valence-electron chi connectivity index (χ0n) is 15.5. The summed E-state index contributed by atoms with van der Waals surface area (Å²) in [6, 6.07) is 0. The number of aliphatic carboxylic acids is 4. The van der Waals surface area contributed by atoms with Gasteiger partial charge < -0.3 is 30.4 Å². The molecule has 6 N–H and O–H groups in total. The van der Waals surface area contributed by atoms with E-state index in [4.69, 9.17) is 20.4 Å². The first-order chi connectivity index (χ1) is 13.7. The van der Waals surface area contributed by atoms with Crippen molar-refractivity contribution in [3.63, 3.8) is 0 Å². The number of aromatic amines is 2. The maximum Gasteiger partial charge on any atom is 0.307 e. The highest BCUT2D eigenvalue weighted by atomic mass is 16.4. The van der Waals surface area contributed by atoms with E-state index in [-0.39, 0.29) is 44.9 Å². The fourth-order valence-corrected chi connectivity index (χ4v) is 3.30. The Morgan fingerprint density at radius 3 is 1.34 bits per heavy atom. The molecule has 2 aromatic rings. The second-order valence-corrected chi connectivity index (χ2v) is 6.65. The van der Waals surface area contributed by atoms with Gasteiger partial charge in [-0.2, -0.15) is 0 Å². The predicted molar refractivity (Wildman–Crippen MR) is 99.0 cm³/mol. The molecule has 0 aliphatic carbocycles. The Bertz CT molecular complexity index is 851. The van der Waals surface area contributed by atoms with Gasteiger partial charge in [-0.1, -0.05) is 0 Å². The molecule has 0 aliphatic heterocycles. The zero-order valence-corrected chi connectivity index (χ0v) is 15.5. The van der Waals surface area contributed by atoms with E-state index in [1.54, 1.807) is 0 Å². The van der Waals surface area contributed by atoms with E-state index in [0.29, 0.717) is 33.6 Å². The van der Waals surface area contributed by atoms with Crippen LogP contribution in [-0.2, 0) is 51.3 Å². The lowest BCUT2D eigenvalue weighted by molar-refractivity contribution is -0.138. The number of carboxylic acid groups (broad SMARTS) is 4. The fourth-order valence-electron chi connectivity index (χ4n) is 3.30. The third-order valence-electron chi connectivity index (χ3n) is 4.56. The second kappa shape index (κ2) is 9.58. The highest BCUT2D eigenvalue weighted by molar-refractivity contribution is 5.72. The lowest BCUT2D eigenvalue weighted by atomic mass is 9.97. The smallest absolute Gasteiger partial charge is 0.307 e. The van der Waals surface area contributed by atoms with Crippen LogP contribution in [-0.4, -0.2) is 54.3 Å². The van der Waals surface area contributed by atoms with E-state index in [1.165, 1.54) is 12.4 Å². The molecular weight excluding hydrogens is 384 g/mol. The third-order valence-corrected chi connectivity index (χ3v) is 4.56. The number of hydrogen-bond donors (Lipinski definition) is 6. The highest BCUT2D eigenvalue weighted by Crippen LogP contribution is 2.24. The summed E-state index contributed by atoms with van der Waals surface area (Å²) in [7, 11) is 0. The summed E-state index contributed by atoms with van der Waals surface area (Å²) in [5, 5.41) is 36.1. The molecule has 0 fully saturated rings. The van der Waals surface area contributed by atoms with Crippen molar-refractivity contribution in [3.8, 4) is 0 Å². The molecule has 0 radical (unpaired) electrons. The Balaban J connectivity index is 2.36. The van der Waals surface area contributed by atoms with E-state index in [0.717, 1.165) is 0 Å². The third kappa shape index (κ3) is 6.23. The molecule has 156 valence electrons. The number of H-pyrrole nitrogens is 2. The highest BCUT2D eigenvalue weighted by Gasteiger charge is 2.19. The van der Waals surface area contributed by atoms with Gasteiger partial charge in [-0.05, 0) is 35.1 Å². The minimum atomic E-state index is -1.04. The number of aromatic nitrogens is 2. The normalized spacial score (nSPS) is 10.8. The van der Waals surface area contributed by atoms with Gasteiger partial charge in [0.05, 0.1) is 12.8 Å². The summed E-state index contributed by atoms with van der Waals surface area (Å²) < 4.78 is 0. The quantitative estimate of drug-likeness (QED) is 0.304. The first-order valence-corrected chi connectivity index (χ1v) is 8.90. The lowest BCUT2D eigenvalue weighted by Gasteiger charge is -2.08. The molecule has 0 unspecified atom stereocenters. The van der Waals surface area contributed by atoms with Crippen molar-refractivity contribution in [2.24, 2.45) is 0 Å². The molecule has 2 heterocycles. The Morgan fingerprint density at radius 2 is 1.03 bits per heavy atom. The predicted octanol–water partition coefficient (Wildman–Crippen LogP) is 1.22. The average molecular weight is 406 g/mol. The molecule has 0 saturated carbocycles. The van der Waals surface area contributed by atoms with Crippen molar-refractivity contribution in [3.05, 3.63) is 46.0 Å². The van der Waals surface area contributed by atoms with Gasteiger partial charge in [-0.3, -0.25) is 19.2 Å². The average Bonchev–Trinajstić information content (AvgIpc) is 3.14. The van der Waals surface area contributed by atoms with Crippen LogP contribution in [0.5, 0.6) is 0 Å². The van der Waals surface area contributed by atoms with Gasteiger partial charge in [0.25, 0.3) is 0 Å². The van der Waals surface area contributed by atoms with E-state index < -0.39 is 23.9 Å². The molecule has 0 atom stereocenters. The van der Waals surface area contributed by atoms with E-state index in [1.807, 2.05) is 0 Å². The van der Waals surface area contributed by atoms with Crippen LogP contribution in [0.1, 0.15) is 46.5 Å². The molecule has 0 aliphatic rings. The van der Waals surface area contributed by atoms with Crippen LogP contribution in [0.3, 0.4) is 0 Å². The molecule has 0 spiro atoms. The Morgan fingerprint density at radius 1 is 0.655 bits per heavy atom. The van der Waals surface area contributed by atoms with Crippen molar-refractivity contribution in [2.45, 2.75) is 44.9 Å². The number of nitrogens with one attached hydrogen (secondary N) is 2. The monoisotopic (exact) mass is 406 g/mol. The standard InChI is InChI=1S/C19H22N2O8/c22-16(23)3-1-12-10(5-18(26)27)8-20-14(12)7-15-13(2-4-17(24)25)11(9-21-15)6-19(28)29/h8-9,20-21H,1-7H2,(H,22,23)(H,24,25)(H,26,27)(H,28,29). The fraction of sp³-hybridized carbons (Fsp3) is 0.368. The minimum Gasteiger partial charge on any atom is -0.481 e. The van der Waals surface area contributed by atoms with E-state index in [9.17, 15) is 19.2 Å². The van der Waals surface area contributed by atoms with Crippen LogP contribution >= 0.6 is 0 Å². The van der Waals surface area contributed by atoms with Gasteiger partial charge in [0.1, 0.15) is 0 Å². The van der Waals surface area contributed by atoms with Crippen molar-refractivity contribution in [1.82, 2.24) is 9.97 Å². The van der Waals surface area contributed by atoms with Crippen LogP contribution in [0.4, 0.5) is 0 Å². The number of hydrogen-bond acceptors (Lipinski definition) is 4. The molecular formula is C19H22N2O8. The van der Waals surface area contributed by atoms with Crippen molar-refractivity contribution < 1.29 is 39.6 Å². The topological polar surface area (TPSA) is 181 Å². The summed E-state index contributed by atoms with van der Waals surface area (Å²) in [6.45, 7) is 0. The molecule has 0 saturated heterocycles. The number of carbonyl (C=O) groups is 4. The molecule has 10 heteroatoms. The van der Waals surface area contributed by atoms with Crippen LogP contribution in [0, 0.1) is 0 Å². The largest absolute Gasteiger partial charge is 0.481 e. The van der Waals surface area contributed by atoms with Crippen molar-refractivity contribution in [2.75, 3.05) is 0 Å². The Labute approximate surface area is 165 Å². The number of rotatable bonds is 12. The summed E-state index contributed by atoms with van der Waals surface area (Å²) in [4.78, 5) is 50.1. The van der Waals surface area contributed by atoms with Gasteiger partial charge in [0.2, 0.25) is 0 Å². The van der Waals surface area contributed by atoms with Gasteiger partial charge in [-0.15, -0.1) is 0 Å². The van der Waals surface area contributed by atoms with E-state index in [2.05, 4.69) is 9.97 Å². The maximum absolute atomic E-state index is 11.1. The molecule has 0 aromatic carbocycles. The Hall–Kier alpha value is -3.56. The maximum atomic E-state index is 11.1. The van der Waals surface area contributed by atoms with Crippen molar-refractivity contribution in [1.29, 1.82) is 0 Å². The summed E-state index contributed by atoms with van der Waals surface area (Å²) in [5.74, 6) is -4.11. The molecule has 10 nitrogen and oxygen atoms in total. The molecule has 2 aromatic heterocycles.